The fourth-order valence-corrected chi connectivity index (χ4v) is 0.808. The van der Waals surface area contributed by atoms with Crippen LogP contribution in [-0.4, -0.2) is 13.1 Å². The van der Waals surface area contributed by atoms with Gasteiger partial charge in [-0.15, -0.1) is 6.54 Å². The second-order valence-corrected chi connectivity index (χ2v) is 2.32. The van der Waals surface area contributed by atoms with E-state index in [2.05, 4.69) is 19.2 Å². The van der Waals surface area contributed by atoms with E-state index in [1.54, 1.807) is 0 Å². The van der Waals surface area contributed by atoms with Gasteiger partial charge in [0.2, 0.25) is 0 Å². The van der Waals surface area contributed by atoms with Crippen molar-refractivity contribution in [2.75, 3.05) is 13.1 Å². The average Bonchev–Trinajstić information content (AvgIpc) is 1.89. The molecular formula is C8H18LiN. The zero-order valence-electron chi connectivity index (χ0n) is 7.69. The largest absolute Gasteiger partial charge is 1.00 e. The molecule has 0 fully saturated rings. The molecule has 0 bridgehead atoms. The third kappa shape index (κ3) is 11.4. The standard InChI is InChI=1S/C8H18N.Li/c1-3-5-6-7-8-9-4-2;/h3-8H2,1-2H3;/q-1;+1. The van der Waals surface area contributed by atoms with Gasteiger partial charge in [0.1, 0.15) is 0 Å². The predicted octanol–water partition coefficient (Wildman–Crippen LogP) is -0.0357. The first kappa shape index (κ1) is 13.2. The van der Waals surface area contributed by atoms with E-state index in [1.165, 1.54) is 25.7 Å². The van der Waals surface area contributed by atoms with Crippen LogP contribution in [0, 0.1) is 0 Å². The molecule has 0 unspecified atom stereocenters. The molecule has 0 spiro atoms. The average molecular weight is 135 g/mol. The van der Waals surface area contributed by atoms with Gasteiger partial charge in [0, 0.05) is 0 Å². The van der Waals surface area contributed by atoms with E-state index in [-0.39, 0.29) is 18.9 Å². The van der Waals surface area contributed by atoms with Gasteiger partial charge in [-0.1, -0.05) is 39.5 Å². The van der Waals surface area contributed by atoms with E-state index >= 15 is 0 Å². The van der Waals surface area contributed by atoms with Crippen molar-refractivity contribution < 1.29 is 18.9 Å². The van der Waals surface area contributed by atoms with Crippen LogP contribution in [0.2, 0.25) is 0 Å². The van der Waals surface area contributed by atoms with Gasteiger partial charge in [0.25, 0.3) is 0 Å². The van der Waals surface area contributed by atoms with Crippen LogP contribution in [0.5, 0.6) is 0 Å². The van der Waals surface area contributed by atoms with E-state index in [9.17, 15) is 0 Å². The molecule has 56 valence electrons. The molecule has 0 aliphatic heterocycles. The van der Waals surface area contributed by atoms with Crippen LogP contribution in [0.4, 0.5) is 0 Å². The Morgan fingerprint density at radius 3 is 2.20 bits per heavy atom. The van der Waals surface area contributed by atoms with Crippen LogP contribution in [0.15, 0.2) is 0 Å². The maximum absolute atomic E-state index is 4.24. The van der Waals surface area contributed by atoms with Gasteiger partial charge in [-0.25, -0.2) is 0 Å². The van der Waals surface area contributed by atoms with Gasteiger partial charge < -0.3 is 5.32 Å². The van der Waals surface area contributed by atoms with E-state index < -0.39 is 0 Å². The Balaban J connectivity index is 0. The Morgan fingerprint density at radius 1 is 1.00 bits per heavy atom. The van der Waals surface area contributed by atoms with Gasteiger partial charge in [0.05, 0.1) is 0 Å². The zero-order valence-corrected chi connectivity index (χ0v) is 7.69. The molecule has 0 heterocycles. The van der Waals surface area contributed by atoms with Crippen molar-refractivity contribution >= 4 is 0 Å². The van der Waals surface area contributed by atoms with Crippen molar-refractivity contribution in [2.45, 2.75) is 39.5 Å². The number of unbranched alkanes of at least 4 members (excludes halogenated alkanes) is 3. The first-order valence-electron chi connectivity index (χ1n) is 4.05. The zero-order chi connectivity index (χ0) is 6.95. The summed E-state index contributed by atoms with van der Waals surface area (Å²) < 4.78 is 0. The van der Waals surface area contributed by atoms with Crippen LogP contribution >= 0.6 is 0 Å². The molecule has 0 rings (SSSR count). The predicted molar refractivity (Wildman–Crippen MR) is 42.9 cm³/mol. The smallest absolute Gasteiger partial charge is 0.662 e. The Bertz CT molecular complexity index is 42.5. The molecule has 0 amide bonds. The van der Waals surface area contributed by atoms with Gasteiger partial charge in [-0.05, 0) is 0 Å². The summed E-state index contributed by atoms with van der Waals surface area (Å²) in [5.74, 6) is 0. The quantitative estimate of drug-likeness (QED) is 0.358. The number of hydrogen-bond acceptors (Lipinski definition) is 0. The molecule has 0 N–H and O–H groups in total. The van der Waals surface area contributed by atoms with Crippen molar-refractivity contribution in [3.63, 3.8) is 0 Å². The van der Waals surface area contributed by atoms with Gasteiger partial charge in [-0.3, -0.25) is 0 Å². The van der Waals surface area contributed by atoms with Crippen LogP contribution in [0.1, 0.15) is 39.5 Å². The molecule has 0 aromatic heterocycles. The Labute approximate surface area is 77.1 Å². The minimum absolute atomic E-state index is 0. The Morgan fingerprint density at radius 2 is 1.70 bits per heavy atom. The number of hydrogen-bond donors (Lipinski definition) is 0. The summed E-state index contributed by atoms with van der Waals surface area (Å²) in [6.07, 6.45) is 5.35. The minimum Gasteiger partial charge on any atom is -0.662 e. The van der Waals surface area contributed by atoms with Crippen LogP contribution in [0.25, 0.3) is 5.32 Å². The molecule has 0 saturated carbocycles. The van der Waals surface area contributed by atoms with Crippen molar-refractivity contribution in [3.8, 4) is 0 Å². The second kappa shape index (κ2) is 12.3. The molecule has 0 aliphatic rings. The summed E-state index contributed by atoms with van der Waals surface area (Å²) in [5, 5.41) is 4.24. The number of nitrogens with zero attached hydrogens (tertiary/aromatic N) is 1. The summed E-state index contributed by atoms with van der Waals surface area (Å²) in [7, 11) is 0. The molecule has 0 aromatic carbocycles. The SMILES string of the molecule is CCCCCC[N-]CC.[Li+]. The van der Waals surface area contributed by atoms with E-state index in [0.29, 0.717) is 0 Å². The first-order valence-corrected chi connectivity index (χ1v) is 4.05. The van der Waals surface area contributed by atoms with Crippen molar-refractivity contribution in [1.29, 1.82) is 0 Å². The minimum atomic E-state index is 0. The van der Waals surface area contributed by atoms with E-state index in [0.717, 1.165) is 13.1 Å². The Hall–Kier alpha value is 0.557. The van der Waals surface area contributed by atoms with Gasteiger partial charge in [-0.2, -0.15) is 6.54 Å². The topological polar surface area (TPSA) is 14.1 Å². The normalized spacial score (nSPS) is 9.00. The summed E-state index contributed by atoms with van der Waals surface area (Å²) >= 11 is 0. The molecule has 2 heteroatoms. The van der Waals surface area contributed by atoms with E-state index in [1.807, 2.05) is 0 Å². The van der Waals surface area contributed by atoms with Crippen LogP contribution < -0.4 is 18.9 Å². The molecule has 0 radical (unpaired) electrons. The van der Waals surface area contributed by atoms with Crippen LogP contribution in [-0.2, 0) is 0 Å². The van der Waals surface area contributed by atoms with Gasteiger partial charge in [0.15, 0.2) is 0 Å². The van der Waals surface area contributed by atoms with Crippen molar-refractivity contribution in [1.82, 2.24) is 0 Å². The maximum Gasteiger partial charge on any atom is 1.00 e. The Kier molecular flexibility index (Phi) is 16.1. The molecule has 1 nitrogen and oxygen atoms in total. The monoisotopic (exact) mass is 135 g/mol. The molecule has 0 aliphatic carbocycles. The second-order valence-electron chi connectivity index (χ2n) is 2.32. The molecule has 0 saturated heterocycles. The summed E-state index contributed by atoms with van der Waals surface area (Å²) in [5.41, 5.74) is 0. The van der Waals surface area contributed by atoms with Crippen molar-refractivity contribution in [2.24, 2.45) is 0 Å². The third-order valence-corrected chi connectivity index (χ3v) is 1.39. The fourth-order valence-electron chi connectivity index (χ4n) is 0.808. The summed E-state index contributed by atoms with van der Waals surface area (Å²) in [4.78, 5) is 0. The maximum atomic E-state index is 4.24. The van der Waals surface area contributed by atoms with E-state index in [4.69, 9.17) is 0 Å². The summed E-state index contributed by atoms with van der Waals surface area (Å²) in [6.45, 7) is 6.40. The van der Waals surface area contributed by atoms with Crippen molar-refractivity contribution in [3.05, 3.63) is 5.32 Å². The molecular weight excluding hydrogens is 117 g/mol. The fraction of sp³-hybridized carbons (Fsp3) is 1.00. The molecule has 0 aromatic rings. The first-order chi connectivity index (χ1) is 4.41. The molecule has 10 heavy (non-hydrogen) atoms. The van der Waals surface area contributed by atoms with Gasteiger partial charge >= 0.3 is 18.9 Å². The summed E-state index contributed by atoms with van der Waals surface area (Å²) in [6, 6.07) is 0. The number of rotatable bonds is 6. The van der Waals surface area contributed by atoms with Crippen LogP contribution in [0.3, 0.4) is 0 Å². The third-order valence-electron chi connectivity index (χ3n) is 1.39. The molecule has 0 atom stereocenters.